The smallest absolute Gasteiger partial charge is 0.348 e. The SMILES string of the molecule is CCNC(=O)NC(=O)[C@@H](OC(=O)[C@H](C)Oc1cccc(C)c1)c1ccccc1. The number of esters is 1. The minimum Gasteiger partial charge on any atom is -0.479 e. The Morgan fingerprint density at radius 2 is 1.75 bits per heavy atom. The lowest BCUT2D eigenvalue weighted by atomic mass is 10.1. The molecule has 0 radical (unpaired) electrons. The van der Waals surface area contributed by atoms with Crippen LogP contribution in [0.15, 0.2) is 54.6 Å². The Labute approximate surface area is 164 Å². The maximum Gasteiger partial charge on any atom is 0.348 e. The molecule has 28 heavy (non-hydrogen) atoms. The minimum absolute atomic E-state index is 0.357. The first kappa shape index (κ1) is 21.0. The third-order valence-electron chi connectivity index (χ3n) is 3.78. The van der Waals surface area contributed by atoms with E-state index in [2.05, 4.69) is 10.6 Å². The summed E-state index contributed by atoms with van der Waals surface area (Å²) in [5.74, 6) is -0.942. The van der Waals surface area contributed by atoms with Crippen molar-refractivity contribution >= 4 is 17.9 Å². The number of carbonyl (C=O) groups excluding carboxylic acids is 3. The van der Waals surface area contributed by atoms with Gasteiger partial charge in [-0.1, -0.05) is 42.5 Å². The molecule has 0 aliphatic carbocycles. The lowest BCUT2D eigenvalue weighted by Crippen LogP contribution is -2.43. The van der Waals surface area contributed by atoms with Gasteiger partial charge in [0.05, 0.1) is 0 Å². The highest BCUT2D eigenvalue weighted by molar-refractivity contribution is 5.97. The van der Waals surface area contributed by atoms with Gasteiger partial charge in [0.25, 0.3) is 5.91 Å². The average Bonchev–Trinajstić information content (AvgIpc) is 2.66. The molecule has 3 amide bonds. The van der Waals surface area contributed by atoms with Crippen molar-refractivity contribution in [2.45, 2.75) is 33.0 Å². The predicted molar refractivity (Wildman–Crippen MR) is 104 cm³/mol. The van der Waals surface area contributed by atoms with Gasteiger partial charge in [0.2, 0.25) is 6.10 Å². The Hall–Kier alpha value is -3.35. The van der Waals surface area contributed by atoms with Crippen LogP contribution in [-0.4, -0.2) is 30.6 Å². The first-order valence-corrected chi connectivity index (χ1v) is 8.98. The molecule has 2 atom stereocenters. The van der Waals surface area contributed by atoms with Crippen molar-refractivity contribution in [3.05, 3.63) is 65.7 Å². The molecular formula is C21H24N2O5. The fraction of sp³-hybridized carbons (Fsp3) is 0.286. The van der Waals surface area contributed by atoms with Crippen LogP contribution in [0.2, 0.25) is 0 Å². The summed E-state index contributed by atoms with van der Waals surface area (Å²) in [6.07, 6.45) is -2.22. The molecule has 0 saturated heterocycles. The third kappa shape index (κ3) is 6.12. The van der Waals surface area contributed by atoms with E-state index >= 15 is 0 Å². The van der Waals surface area contributed by atoms with Gasteiger partial charge in [-0.25, -0.2) is 9.59 Å². The molecule has 2 rings (SSSR count). The Bertz CT molecular complexity index is 823. The van der Waals surface area contributed by atoms with E-state index in [9.17, 15) is 14.4 Å². The number of hydrogen-bond acceptors (Lipinski definition) is 5. The van der Waals surface area contributed by atoms with E-state index in [1.54, 1.807) is 49.4 Å². The maximum atomic E-state index is 12.5. The fourth-order valence-electron chi connectivity index (χ4n) is 2.44. The molecule has 0 aliphatic heterocycles. The van der Waals surface area contributed by atoms with Crippen LogP contribution in [-0.2, 0) is 14.3 Å². The van der Waals surface area contributed by atoms with Crippen molar-refractivity contribution in [1.82, 2.24) is 10.6 Å². The van der Waals surface area contributed by atoms with Gasteiger partial charge in [-0.2, -0.15) is 0 Å². The summed E-state index contributed by atoms with van der Waals surface area (Å²) >= 11 is 0. The van der Waals surface area contributed by atoms with Crippen molar-refractivity contribution in [3.8, 4) is 5.75 Å². The molecule has 0 saturated carbocycles. The number of hydrogen-bond donors (Lipinski definition) is 2. The first-order chi connectivity index (χ1) is 13.4. The van der Waals surface area contributed by atoms with Crippen molar-refractivity contribution in [2.75, 3.05) is 6.54 Å². The second-order valence-corrected chi connectivity index (χ2v) is 6.15. The molecule has 0 heterocycles. The largest absolute Gasteiger partial charge is 0.479 e. The van der Waals surface area contributed by atoms with E-state index in [0.29, 0.717) is 17.9 Å². The summed E-state index contributed by atoms with van der Waals surface area (Å²) in [5, 5.41) is 4.63. The van der Waals surface area contributed by atoms with Crippen LogP contribution < -0.4 is 15.4 Å². The first-order valence-electron chi connectivity index (χ1n) is 8.98. The van der Waals surface area contributed by atoms with E-state index in [1.807, 2.05) is 19.1 Å². The Morgan fingerprint density at radius 3 is 2.39 bits per heavy atom. The van der Waals surface area contributed by atoms with Crippen LogP contribution in [0.4, 0.5) is 4.79 Å². The van der Waals surface area contributed by atoms with E-state index in [-0.39, 0.29) is 0 Å². The van der Waals surface area contributed by atoms with Crippen molar-refractivity contribution < 1.29 is 23.9 Å². The fourth-order valence-corrected chi connectivity index (χ4v) is 2.44. The molecule has 7 nitrogen and oxygen atoms in total. The van der Waals surface area contributed by atoms with Gasteiger partial charge in [0.15, 0.2) is 6.10 Å². The molecule has 0 aliphatic rings. The molecule has 148 valence electrons. The van der Waals surface area contributed by atoms with E-state index < -0.39 is 30.1 Å². The standard InChI is InChI=1S/C21H24N2O5/c1-4-22-21(26)23-19(24)18(16-10-6-5-7-11-16)28-20(25)15(3)27-17-12-8-9-14(2)13-17/h5-13,15,18H,4H2,1-3H3,(H2,22,23,24,26)/t15-,18-/m0/s1. The lowest BCUT2D eigenvalue weighted by Gasteiger charge is -2.20. The molecule has 0 aromatic heterocycles. The summed E-state index contributed by atoms with van der Waals surface area (Å²) in [5.41, 5.74) is 1.43. The van der Waals surface area contributed by atoms with Gasteiger partial charge in [0, 0.05) is 12.1 Å². The van der Waals surface area contributed by atoms with Gasteiger partial charge >= 0.3 is 12.0 Å². The van der Waals surface area contributed by atoms with E-state index in [0.717, 1.165) is 5.56 Å². The molecule has 2 aromatic rings. The third-order valence-corrected chi connectivity index (χ3v) is 3.78. The normalized spacial score (nSPS) is 12.4. The highest BCUT2D eigenvalue weighted by Crippen LogP contribution is 2.20. The molecule has 0 bridgehead atoms. The zero-order valence-electron chi connectivity index (χ0n) is 16.1. The summed E-state index contributed by atoms with van der Waals surface area (Å²) in [6.45, 7) is 5.53. The zero-order chi connectivity index (χ0) is 20.5. The van der Waals surface area contributed by atoms with Crippen molar-refractivity contribution in [2.24, 2.45) is 0 Å². The lowest BCUT2D eigenvalue weighted by molar-refractivity contribution is -0.162. The topological polar surface area (TPSA) is 93.7 Å². The molecule has 0 fully saturated rings. The van der Waals surface area contributed by atoms with Gasteiger partial charge in [-0.15, -0.1) is 0 Å². The van der Waals surface area contributed by atoms with Crippen LogP contribution in [0.5, 0.6) is 5.75 Å². The average molecular weight is 384 g/mol. The van der Waals surface area contributed by atoms with E-state index in [1.165, 1.54) is 6.92 Å². The van der Waals surface area contributed by atoms with Crippen LogP contribution >= 0.6 is 0 Å². The molecule has 2 N–H and O–H groups in total. The molecule has 2 aromatic carbocycles. The summed E-state index contributed by atoms with van der Waals surface area (Å²) in [4.78, 5) is 36.7. The number of benzene rings is 2. The van der Waals surface area contributed by atoms with Crippen LogP contribution in [0.3, 0.4) is 0 Å². The Balaban J connectivity index is 2.11. The van der Waals surface area contributed by atoms with Crippen molar-refractivity contribution in [1.29, 1.82) is 0 Å². The molecule has 0 spiro atoms. The van der Waals surface area contributed by atoms with E-state index in [4.69, 9.17) is 9.47 Å². The second-order valence-electron chi connectivity index (χ2n) is 6.15. The number of nitrogens with one attached hydrogen (secondary N) is 2. The molecule has 7 heteroatoms. The Morgan fingerprint density at radius 1 is 1.04 bits per heavy atom. The summed E-state index contributed by atoms with van der Waals surface area (Å²) < 4.78 is 11.0. The van der Waals surface area contributed by atoms with Crippen LogP contribution in [0, 0.1) is 6.92 Å². The highest BCUT2D eigenvalue weighted by atomic mass is 16.6. The van der Waals surface area contributed by atoms with Crippen LogP contribution in [0.1, 0.15) is 31.1 Å². The monoisotopic (exact) mass is 384 g/mol. The second kappa shape index (κ2) is 10.1. The minimum atomic E-state index is -1.28. The van der Waals surface area contributed by atoms with Crippen molar-refractivity contribution in [3.63, 3.8) is 0 Å². The highest BCUT2D eigenvalue weighted by Gasteiger charge is 2.29. The van der Waals surface area contributed by atoms with Gasteiger partial charge < -0.3 is 14.8 Å². The van der Waals surface area contributed by atoms with Crippen LogP contribution in [0.25, 0.3) is 0 Å². The number of urea groups is 1. The summed E-state index contributed by atoms with van der Waals surface area (Å²) in [7, 11) is 0. The van der Waals surface area contributed by atoms with Gasteiger partial charge in [-0.3, -0.25) is 10.1 Å². The number of ether oxygens (including phenoxy) is 2. The number of imide groups is 1. The molecular weight excluding hydrogens is 360 g/mol. The zero-order valence-corrected chi connectivity index (χ0v) is 16.1. The predicted octanol–water partition coefficient (Wildman–Crippen LogP) is 2.89. The Kier molecular flexibility index (Phi) is 7.56. The number of aryl methyl sites for hydroxylation is 1. The quantitative estimate of drug-likeness (QED) is 0.716. The number of rotatable bonds is 7. The maximum absolute atomic E-state index is 12.5. The van der Waals surface area contributed by atoms with Gasteiger partial charge in [0.1, 0.15) is 5.75 Å². The van der Waals surface area contributed by atoms with Gasteiger partial charge in [-0.05, 0) is 38.5 Å². The number of amides is 3. The summed E-state index contributed by atoms with van der Waals surface area (Å²) in [6, 6.07) is 15.1. The number of carbonyl (C=O) groups is 3. The molecule has 0 unspecified atom stereocenters.